The molecule has 0 spiro atoms. The third kappa shape index (κ3) is 3.82. The van der Waals surface area contributed by atoms with Crippen molar-refractivity contribution in [3.05, 3.63) is 11.1 Å². The van der Waals surface area contributed by atoms with Crippen molar-refractivity contribution in [1.29, 1.82) is 0 Å². The third-order valence-corrected chi connectivity index (χ3v) is 6.70. The smallest absolute Gasteiger partial charge is 0.319 e. The van der Waals surface area contributed by atoms with E-state index >= 15 is 0 Å². The zero-order valence-corrected chi connectivity index (χ0v) is 16.6. The number of hydrogen-bond donors (Lipinski definition) is 0. The molecule has 2 bridgehead atoms. The topological polar surface area (TPSA) is 52.2 Å². The summed E-state index contributed by atoms with van der Waals surface area (Å²) in [6.07, 6.45) is 4.47. The largest absolute Gasteiger partial charge is 0.378 e. The van der Waals surface area contributed by atoms with Gasteiger partial charge < -0.3 is 19.4 Å². The van der Waals surface area contributed by atoms with Crippen molar-refractivity contribution >= 4 is 22.5 Å². The summed E-state index contributed by atoms with van der Waals surface area (Å²) < 4.78 is 5.43. The highest BCUT2D eigenvalue weighted by Gasteiger charge is 2.37. The Morgan fingerprint density at radius 1 is 1.27 bits per heavy atom. The molecule has 4 aliphatic rings. The summed E-state index contributed by atoms with van der Waals surface area (Å²) >= 11 is 1.81. The second kappa shape index (κ2) is 7.70. The molecule has 4 fully saturated rings. The van der Waals surface area contributed by atoms with Gasteiger partial charge in [0.05, 0.1) is 13.2 Å². The van der Waals surface area contributed by atoms with Gasteiger partial charge in [0, 0.05) is 70.5 Å². The van der Waals surface area contributed by atoms with Crippen LogP contribution in [0.3, 0.4) is 0 Å². The number of ether oxygens (including phenoxy) is 1. The van der Waals surface area contributed by atoms with Crippen LogP contribution in [0.25, 0.3) is 0 Å². The van der Waals surface area contributed by atoms with Gasteiger partial charge in [0.1, 0.15) is 0 Å². The number of carbonyl (C=O) groups excluding carboxylic acids is 1. The first kappa shape index (κ1) is 18.0. The van der Waals surface area contributed by atoms with Crippen molar-refractivity contribution in [2.75, 3.05) is 64.9 Å². The van der Waals surface area contributed by atoms with Crippen LogP contribution >= 0.6 is 11.3 Å². The minimum absolute atomic E-state index is 0.149. The van der Waals surface area contributed by atoms with Crippen LogP contribution in [-0.4, -0.2) is 91.8 Å². The summed E-state index contributed by atoms with van der Waals surface area (Å²) in [5.41, 5.74) is 0. The third-order valence-electron chi connectivity index (χ3n) is 5.66. The molecule has 7 nitrogen and oxygen atoms in total. The average Bonchev–Trinajstić information content (AvgIpc) is 2.92. The van der Waals surface area contributed by atoms with E-state index in [2.05, 4.69) is 14.8 Å². The van der Waals surface area contributed by atoms with Gasteiger partial charge in [0.25, 0.3) is 0 Å². The first-order chi connectivity index (χ1) is 12.6. The van der Waals surface area contributed by atoms with Crippen LogP contribution < -0.4 is 4.90 Å². The minimum atomic E-state index is 0.149. The quantitative estimate of drug-likeness (QED) is 0.798. The van der Waals surface area contributed by atoms with Crippen LogP contribution in [-0.2, 0) is 11.3 Å². The molecule has 26 heavy (non-hydrogen) atoms. The monoisotopic (exact) mass is 379 g/mol. The van der Waals surface area contributed by atoms with E-state index in [1.54, 1.807) is 4.90 Å². The van der Waals surface area contributed by atoms with Crippen LogP contribution in [0.4, 0.5) is 9.93 Å². The Kier molecular flexibility index (Phi) is 5.33. The number of aromatic nitrogens is 1. The molecule has 4 aliphatic heterocycles. The Balaban J connectivity index is 1.41. The number of thiazole rings is 1. The van der Waals surface area contributed by atoms with Crippen LogP contribution in [0.2, 0.25) is 0 Å². The molecule has 8 heteroatoms. The molecule has 0 unspecified atom stereocenters. The first-order valence-corrected chi connectivity index (χ1v) is 10.4. The van der Waals surface area contributed by atoms with E-state index in [1.165, 1.54) is 17.7 Å². The highest BCUT2D eigenvalue weighted by atomic mass is 32.1. The molecule has 1 aromatic heterocycles. The lowest BCUT2D eigenvalue weighted by Gasteiger charge is -2.35. The maximum atomic E-state index is 12.4. The van der Waals surface area contributed by atoms with E-state index < -0.39 is 0 Å². The Hall–Kier alpha value is -1.38. The molecule has 2 atom stereocenters. The first-order valence-electron chi connectivity index (χ1n) is 9.58. The Morgan fingerprint density at radius 3 is 2.85 bits per heavy atom. The van der Waals surface area contributed by atoms with Crippen LogP contribution in [0, 0.1) is 5.92 Å². The van der Waals surface area contributed by atoms with E-state index in [4.69, 9.17) is 4.74 Å². The van der Waals surface area contributed by atoms with Crippen molar-refractivity contribution in [2.45, 2.75) is 25.4 Å². The molecule has 1 aromatic rings. The van der Waals surface area contributed by atoms with E-state index in [1.807, 2.05) is 36.5 Å². The Morgan fingerprint density at radius 2 is 2.08 bits per heavy atom. The molecule has 0 radical (unpaired) electrons. The van der Waals surface area contributed by atoms with Crippen LogP contribution in [0.5, 0.6) is 0 Å². The molecule has 5 heterocycles. The molecule has 5 rings (SSSR count). The number of piperidine rings is 1. The number of rotatable bonds is 3. The lowest BCUT2D eigenvalue weighted by atomic mass is 9.95. The summed E-state index contributed by atoms with van der Waals surface area (Å²) in [5.74, 6) is 0.587. The summed E-state index contributed by atoms with van der Waals surface area (Å²) in [7, 11) is 3.69. The van der Waals surface area contributed by atoms with Gasteiger partial charge in [-0.25, -0.2) is 9.78 Å². The molecule has 0 aromatic carbocycles. The number of hydrogen-bond acceptors (Lipinski definition) is 6. The van der Waals surface area contributed by atoms with Crippen LogP contribution in [0.15, 0.2) is 6.20 Å². The molecule has 2 amide bonds. The number of fused-ring (bicyclic) bond motifs is 4. The predicted molar refractivity (Wildman–Crippen MR) is 103 cm³/mol. The van der Waals surface area contributed by atoms with Gasteiger partial charge in [-0.1, -0.05) is 0 Å². The highest BCUT2D eigenvalue weighted by molar-refractivity contribution is 7.15. The van der Waals surface area contributed by atoms with Gasteiger partial charge in [-0.05, 0) is 18.8 Å². The summed E-state index contributed by atoms with van der Waals surface area (Å²) in [6, 6.07) is 0.614. The number of carbonyl (C=O) groups is 1. The minimum Gasteiger partial charge on any atom is -0.378 e. The average molecular weight is 380 g/mol. The molecule has 0 saturated carbocycles. The number of urea groups is 1. The predicted octanol–water partition coefficient (Wildman–Crippen LogP) is 1.56. The SMILES string of the molecule is CN(C)C(=O)N1C[C@@H]2CC[C@H](C1)N(Cc1cnc(N3CCOCC3)s1)C2. The number of amides is 2. The Bertz CT molecular complexity index is 631. The molecule has 144 valence electrons. The fourth-order valence-corrected chi connectivity index (χ4v) is 5.27. The second-order valence-electron chi connectivity index (χ2n) is 7.82. The van der Waals surface area contributed by atoms with Crippen molar-refractivity contribution < 1.29 is 9.53 Å². The van der Waals surface area contributed by atoms with Crippen LogP contribution in [0.1, 0.15) is 17.7 Å². The van der Waals surface area contributed by atoms with Gasteiger partial charge in [0.15, 0.2) is 5.13 Å². The molecular formula is C18H29N5O2S. The lowest BCUT2D eigenvalue weighted by Crippen LogP contribution is -2.45. The normalized spacial score (nSPS) is 26.8. The molecule has 0 aliphatic carbocycles. The standard InChI is InChI=1S/C18H29N5O2S/c1-20(2)18(24)23-11-14-3-4-15(12-23)22(10-14)13-16-9-19-17(26-16)21-5-7-25-8-6-21/h9,14-15H,3-8,10-13H2,1-2H3/t14-,15-/m1/s1. The number of morpholine rings is 1. The van der Waals surface area contributed by atoms with Crippen molar-refractivity contribution in [3.8, 4) is 0 Å². The van der Waals surface area contributed by atoms with Gasteiger partial charge in [-0.2, -0.15) is 0 Å². The summed E-state index contributed by atoms with van der Waals surface area (Å²) in [6.45, 7) is 7.24. The second-order valence-corrected chi connectivity index (χ2v) is 8.91. The number of nitrogens with zero attached hydrogens (tertiary/aromatic N) is 5. The molecular weight excluding hydrogens is 350 g/mol. The zero-order chi connectivity index (χ0) is 18.1. The Labute approximate surface area is 159 Å². The van der Waals surface area contributed by atoms with Gasteiger partial charge in [-0.3, -0.25) is 4.90 Å². The van der Waals surface area contributed by atoms with Crippen molar-refractivity contribution in [3.63, 3.8) is 0 Å². The van der Waals surface area contributed by atoms with Gasteiger partial charge in [0.2, 0.25) is 0 Å². The fraction of sp³-hybridized carbons (Fsp3) is 0.778. The fourth-order valence-electron chi connectivity index (χ4n) is 4.28. The van der Waals surface area contributed by atoms with E-state index in [9.17, 15) is 4.79 Å². The number of anilines is 1. The van der Waals surface area contributed by atoms with E-state index in [0.29, 0.717) is 12.0 Å². The maximum absolute atomic E-state index is 12.4. The molecule has 0 N–H and O–H groups in total. The van der Waals surface area contributed by atoms with Gasteiger partial charge in [-0.15, -0.1) is 11.3 Å². The van der Waals surface area contributed by atoms with Crippen molar-refractivity contribution in [1.82, 2.24) is 19.7 Å². The van der Waals surface area contributed by atoms with E-state index in [0.717, 1.165) is 57.6 Å². The maximum Gasteiger partial charge on any atom is 0.319 e. The highest BCUT2D eigenvalue weighted by Crippen LogP contribution is 2.31. The van der Waals surface area contributed by atoms with Gasteiger partial charge >= 0.3 is 6.03 Å². The summed E-state index contributed by atoms with van der Waals surface area (Å²) in [5, 5.41) is 1.12. The lowest BCUT2D eigenvalue weighted by molar-refractivity contribution is 0.122. The zero-order valence-electron chi connectivity index (χ0n) is 15.8. The summed E-state index contributed by atoms with van der Waals surface area (Å²) in [4.78, 5) is 27.0. The van der Waals surface area contributed by atoms with E-state index in [-0.39, 0.29) is 6.03 Å². The van der Waals surface area contributed by atoms with Crippen molar-refractivity contribution in [2.24, 2.45) is 5.92 Å². The molecule has 4 saturated heterocycles.